The maximum Gasteiger partial charge on any atom is 0.404 e. The highest BCUT2D eigenvalue weighted by atomic mass is 19.4. The Balaban J connectivity index is 1.98. The van der Waals surface area contributed by atoms with E-state index in [-0.39, 0.29) is 29.9 Å². The molecular weight excluding hydrogens is 422 g/mol. The van der Waals surface area contributed by atoms with Crippen molar-refractivity contribution in [3.05, 3.63) is 65.2 Å². The molecule has 1 fully saturated rings. The molecule has 0 radical (unpaired) electrons. The van der Waals surface area contributed by atoms with Gasteiger partial charge < -0.3 is 10.5 Å². The van der Waals surface area contributed by atoms with Gasteiger partial charge >= 0.3 is 12.4 Å². The molecule has 2 aromatic carbocycles. The largest absolute Gasteiger partial charge is 0.496 e. The number of ether oxygens (including phenoxy) is 1. The van der Waals surface area contributed by atoms with Gasteiger partial charge in [-0.2, -0.15) is 26.3 Å². The minimum absolute atomic E-state index is 0.118. The first kappa shape index (κ1) is 23.4. The van der Waals surface area contributed by atoms with Crippen molar-refractivity contribution in [1.29, 1.82) is 0 Å². The number of nitrogens with zero attached hydrogens (tertiary/aromatic N) is 1. The molecule has 170 valence electrons. The van der Waals surface area contributed by atoms with Crippen molar-refractivity contribution in [2.45, 2.75) is 49.7 Å². The molecule has 3 rings (SSSR count). The maximum absolute atomic E-state index is 13.2. The minimum atomic E-state index is -5.45. The average Bonchev–Trinajstić information content (AvgIpc) is 2.67. The number of benzene rings is 2. The van der Waals surface area contributed by atoms with Crippen LogP contribution >= 0.6 is 0 Å². The summed E-state index contributed by atoms with van der Waals surface area (Å²) in [6.07, 6.45) is -9.36. The van der Waals surface area contributed by atoms with Crippen molar-refractivity contribution in [2.75, 3.05) is 13.7 Å². The van der Waals surface area contributed by atoms with E-state index in [1.54, 1.807) is 0 Å². The summed E-state index contributed by atoms with van der Waals surface area (Å²) >= 11 is 0. The van der Waals surface area contributed by atoms with Gasteiger partial charge in [-0.15, -0.1) is 0 Å². The van der Waals surface area contributed by atoms with Crippen LogP contribution in [0, 0.1) is 0 Å². The first-order valence-corrected chi connectivity index (χ1v) is 9.87. The van der Waals surface area contributed by atoms with Crippen LogP contribution in [0.2, 0.25) is 0 Å². The normalized spacial score (nSPS) is 20.8. The van der Waals surface area contributed by atoms with E-state index < -0.39 is 23.8 Å². The molecule has 9 heteroatoms. The molecule has 1 heterocycles. The van der Waals surface area contributed by atoms with Crippen LogP contribution in [0.3, 0.4) is 0 Å². The van der Waals surface area contributed by atoms with E-state index in [0.29, 0.717) is 6.54 Å². The van der Waals surface area contributed by atoms with Crippen LogP contribution in [-0.2, 0) is 6.54 Å². The molecule has 0 bridgehead atoms. The first-order chi connectivity index (χ1) is 14.5. The van der Waals surface area contributed by atoms with Crippen molar-refractivity contribution in [3.8, 4) is 5.75 Å². The third-order valence-electron chi connectivity index (χ3n) is 5.59. The first-order valence-electron chi connectivity index (χ1n) is 9.87. The highest BCUT2D eigenvalue weighted by molar-refractivity contribution is 5.40. The summed E-state index contributed by atoms with van der Waals surface area (Å²) in [5.74, 6) is -3.32. The molecule has 0 saturated carbocycles. The van der Waals surface area contributed by atoms with Gasteiger partial charge in [0.25, 0.3) is 0 Å². The predicted molar refractivity (Wildman–Crippen MR) is 105 cm³/mol. The zero-order valence-corrected chi connectivity index (χ0v) is 16.9. The Morgan fingerprint density at radius 2 is 1.68 bits per heavy atom. The summed E-state index contributed by atoms with van der Waals surface area (Å²) in [5.41, 5.74) is 6.70. The van der Waals surface area contributed by atoms with Crippen molar-refractivity contribution in [3.63, 3.8) is 0 Å². The standard InChI is InChI=1S/C22H24F6N2O/c1-31-18-10-9-15(20(21(23,24)25)22(26,27)28)12-16(18)13-30-11-5-8-17(29)19(30)14-6-3-2-4-7-14/h2-4,6-7,9-10,12,17,19-20H,5,8,11,13,29H2,1H3/t17-,19+/m0/s1. The SMILES string of the molecule is COc1ccc(C(C(F)(F)F)C(F)(F)F)cc1CN1CCC[C@H](N)[C@H]1c1ccccc1. The van der Waals surface area contributed by atoms with Gasteiger partial charge in [-0.3, -0.25) is 4.90 Å². The summed E-state index contributed by atoms with van der Waals surface area (Å²) in [6, 6.07) is 12.0. The Hall–Kier alpha value is -2.26. The Morgan fingerprint density at radius 3 is 2.26 bits per heavy atom. The second-order valence-electron chi connectivity index (χ2n) is 7.72. The van der Waals surface area contributed by atoms with Crippen LogP contribution in [0.5, 0.6) is 5.75 Å². The Labute approximate surface area is 176 Å². The Bertz CT molecular complexity index is 855. The van der Waals surface area contributed by atoms with Gasteiger partial charge in [0.1, 0.15) is 5.75 Å². The molecular formula is C22H24F6N2O. The number of likely N-dealkylation sites (tertiary alicyclic amines) is 1. The summed E-state index contributed by atoms with van der Waals surface area (Å²) in [6.45, 7) is 0.731. The fourth-order valence-corrected chi connectivity index (χ4v) is 4.27. The van der Waals surface area contributed by atoms with Gasteiger partial charge in [0.05, 0.1) is 13.2 Å². The van der Waals surface area contributed by atoms with Gasteiger partial charge in [-0.1, -0.05) is 36.4 Å². The van der Waals surface area contributed by atoms with Crippen molar-refractivity contribution < 1.29 is 31.1 Å². The molecule has 1 saturated heterocycles. The number of piperidine rings is 1. The summed E-state index contributed by atoms with van der Waals surface area (Å²) < 4.78 is 84.6. The fourth-order valence-electron chi connectivity index (χ4n) is 4.27. The molecule has 1 aliphatic rings. The molecule has 0 spiro atoms. The molecule has 1 aliphatic heterocycles. The van der Waals surface area contributed by atoms with E-state index in [1.165, 1.54) is 7.11 Å². The quantitative estimate of drug-likeness (QED) is 0.611. The van der Waals surface area contributed by atoms with Gasteiger partial charge in [0, 0.05) is 18.2 Å². The van der Waals surface area contributed by atoms with E-state index in [1.807, 2.05) is 35.2 Å². The van der Waals surface area contributed by atoms with Crippen molar-refractivity contribution >= 4 is 0 Å². The molecule has 2 N–H and O–H groups in total. The van der Waals surface area contributed by atoms with Crippen LogP contribution in [0.1, 0.15) is 41.5 Å². The number of hydrogen-bond donors (Lipinski definition) is 1. The third-order valence-corrected chi connectivity index (χ3v) is 5.59. The zero-order chi connectivity index (χ0) is 22.8. The van der Waals surface area contributed by atoms with Gasteiger partial charge in [-0.25, -0.2) is 0 Å². The average molecular weight is 446 g/mol. The Morgan fingerprint density at radius 1 is 1.03 bits per heavy atom. The second kappa shape index (κ2) is 9.08. The summed E-state index contributed by atoms with van der Waals surface area (Å²) in [5, 5.41) is 0. The van der Waals surface area contributed by atoms with E-state index in [4.69, 9.17) is 10.5 Å². The lowest BCUT2D eigenvalue weighted by atomic mass is 9.90. The van der Waals surface area contributed by atoms with Crippen molar-refractivity contribution in [2.24, 2.45) is 5.73 Å². The molecule has 0 aliphatic carbocycles. The minimum Gasteiger partial charge on any atom is -0.496 e. The number of rotatable bonds is 5. The lowest BCUT2D eigenvalue weighted by Gasteiger charge is -2.40. The monoisotopic (exact) mass is 446 g/mol. The molecule has 2 atom stereocenters. The van der Waals surface area contributed by atoms with E-state index in [2.05, 4.69) is 0 Å². The lowest BCUT2D eigenvalue weighted by Crippen LogP contribution is -2.45. The van der Waals surface area contributed by atoms with Crippen LogP contribution in [0.4, 0.5) is 26.3 Å². The van der Waals surface area contributed by atoms with Gasteiger partial charge in [-0.05, 0) is 42.6 Å². The molecule has 31 heavy (non-hydrogen) atoms. The number of methoxy groups -OCH3 is 1. The number of halogens is 6. The van der Waals surface area contributed by atoms with E-state index in [0.717, 1.165) is 36.6 Å². The Kier molecular flexibility index (Phi) is 6.85. The van der Waals surface area contributed by atoms with Crippen LogP contribution in [0.25, 0.3) is 0 Å². The highest BCUT2D eigenvalue weighted by Gasteiger charge is 2.57. The molecule has 3 nitrogen and oxygen atoms in total. The summed E-state index contributed by atoms with van der Waals surface area (Å²) in [4.78, 5) is 1.99. The fraction of sp³-hybridized carbons (Fsp3) is 0.455. The number of nitrogens with two attached hydrogens (primary N) is 1. The predicted octanol–water partition coefficient (Wildman–Crippen LogP) is 5.57. The van der Waals surface area contributed by atoms with E-state index >= 15 is 0 Å². The van der Waals surface area contributed by atoms with E-state index in [9.17, 15) is 26.3 Å². The number of alkyl halides is 6. The number of hydrogen-bond acceptors (Lipinski definition) is 3. The molecule has 0 amide bonds. The second-order valence-corrected chi connectivity index (χ2v) is 7.72. The topological polar surface area (TPSA) is 38.5 Å². The van der Waals surface area contributed by atoms with Crippen molar-refractivity contribution in [1.82, 2.24) is 4.90 Å². The molecule has 2 aromatic rings. The zero-order valence-electron chi connectivity index (χ0n) is 16.9. The van der Waals surface area contributed by atoms with Gasteiger partial charge in [0.2, 0.25) is 0 Å². The molecule has 0 aromatic heterocycles. The van der Waals surface area contributed by atoms with Crippen LogP contribution < -0.4 is 10.5 Å². The van der Waals surface area contributed by atoms with Crippen LogP contribution in [-0.4, -0.2) is 36.9 Å². The molecule has 0 unspecified atom stereocenters. The van der Waals surface area contributed by atoms with Crippen LogP contribution in [0.15, 0.2) is 48.5 Å². The maximum atomic E-state index is 13.2. The third kappa shape index (κ3) is 5.33. The smallest absolute Gasteiger partial charge is 0.404 e. The highest BCUT2D eigenvalue weighted by Crippen LogP contribution is 2.47. The lowest BCUT2D eigenvalue weighted by molar-refractivity contribution is -0.253. The van der Waals surface area contributed by atoms with Gasteiger partial charge in [0.15, 0.2) is 5.92 Å². The summed E-state index contributed by atoms with van der Waals surface area (Å²) in [7, 11) is 1.33.